The molecule has 90 valence electrons. The molecule has 0 saturated carbocycles. The number of furan rings is 1. The van der Waals surface area contributed by atoms with Crippen LogP contribution in [0.5, 0.6) is 0 Å². The molecule has 3 nitrogen and oxygen atoms in total. The molecule has 3 rings (SSSR count). The van der Waals surface area contributed by atoms with Gasteiger partial charge in [-0.05, 0) is 19.1 Å². The van der Waals surface area contributed by atoms with E-state index in [-0.39, 0.29) is 5.78 Å². The smallest absolute Gasteiger partial charge is 0.240 e. The van der Waals surface area contributed by atoms with Gasteiger partial charge in [-0.1, -0.05) is 23.7 Å². The van der Waals surface area contributed by atoms with E-state index in [1.807, 2.05) is 12.1 Å². The lowest BCUT2D eigenvalue weighted by Gasteiger charge is -1.93. The van der Waals surface area contributed by atoms with Crippen LogP contribution in [-0.2, 0) is 0 Å². The first kappa shape index (κ1) is 11.4. The number of hydrogen-bond donors (Lipinski definition) is 0. The van der Waals surface area contributed by atoms with Crippen molar-refractivity contribution in [2.24, 2.45) is 0 Å². The number of carbonyl (C=O) groups excluding carboxylic acids is 1. The van der Waals surface area contributed by atoms with E-state index >= 15 is 0 Å². The van der Waals surface area contributed by atoms with Gasteiger partial charge in [-0.25, -0.2) is 4.98 Å². The number of carbonyl (C=O) groups is 1. The van der Waals surface area contributed by atoms with Crippen molar-refractivity contribution in [2.45, 2.75) is 6.92 Å². The van der Waals surface area contributed by atoms with E-state index in [2.05, 4.69) is 4.98 Å². The van der Waals surface area contributed by atoms with Crippen molar-refractivity contribution in [1.82, 2.24) is 4.98 Å². The van der Waals surface area contributed by atoms with Crippen LogP contribution < -0.4 is 0 Å². The molecule has 3 aromatic rings. The second-order valence-corrected chi connectivity index (χ2v) is 5.13. The zero-order valence-electron chi connectivity index (χ0n) is 9.44. The number of aryl methyl sites for hydroxylation is 1. The first-order chi connectivity index (χ1) is 8.66. The van der Waals surface area contributed by atoms with Gasteiger partial charge in [-0.2, -0.15) is 0 Å². The van der Waals surface area contributed by atoms with Crippen molar-refractivity contribution in [3.05, 3.63) is 51.1 Å². The number of benzene rings is 1. The molecule has 18 heavy (non-hydrogen) atoms. The van der Waals surface area contributed by atoms with Gasteiger partial charge in [-0.3, -0.25) is 4.79 Å². The Bertz CT molecular complexity index is 744. The van der Waals surface area contributed by atoms with Gasteiger partial charge in [0, 0.05) is 5.39 Å². The van der Waals surface area contributed by atoms with Gasteiger partial charge in [0.2, 0.25) is 5.78 Å². The summed E-state index contributed by atoms with van der Waals surface area (Å²) in [6, 6.07) is 7.13. The number of para-hydroxylation sites is 1. The van der Waals surface area contributed by atoms with Crippen molar-refractivity contribution in [3.63, 3.8) is 0 Å². The minimum absolute atomic E-state index is 0.151. The highest BCUT2D eigenvalue weighted by molar-refractivity contribution is 7.12. The van der Waals surface area contributed by atoms with E-state index in [4.69, 9.17) is 16.0 Å². The van der Waals surface area contributed by atoms with Crippen LogP contribution in [0.1, 0.15) is 21.1 Å². The zero-order chi connectivity index (χ0) is 12.7. The highest BCUT2D eigenvalue weighted by Gasteiger charge is 2.19. The molecule has 0 N–H and O–H groups in total. The molecule has 0 aliphatic heterocycles. The Kier molecular flexibility index (Phi) is 2.69. The Morgan fingerprint density at radius 3 is 2.94 bits per heavy atom. The molecule has 0 spiro atoms. The van der Waals surface area contributed by atoms with E-state index in [0.29, 0.717) is 21.2 Å². The fraction of sp³-hybridized carbons (Fsp3) is 0.0769. The van der Waals surface area contributed by atoms with Gasteiger partial charge >= 0.3 is 0 Å². The maximum Gasteiger partial charge on any atom is 0.240 e. The predicted octanol–water partition coefficient (Wildman–Crippen LogP) is 4.08. The van der Waals surface area contributed by atoms with Crippen molar-refractivity contribution >= 4 is 39.7 Å². The molecule has 0 saturated heterocycles. The topological polar surface area (TPSA) is 43.1 Å². The monoisotopic (exact) mass is 277 g/mol. The van der Waals surface area contributed by atoms with Gasteiger partial charge < -0.3 is 4.42 Å². The van der Waals surface area contributed by atoms with Gasteiger partial charge in [0.25, 0.3) is 0 Å². The van der Waals surface area contributed by atoms with Crippen LogP contribution in [0.25, 0.3) is 11.0 Å². The van der Waals surface area contributed by atoms with Crippen LogP contribution >= 0.6 is 22.9 Å². The van der Waals surface area contributed by atoms with Gasteiger partial charge in [0.1, 0.15) is 4.88 Å². The summed E-state index contributed by atoms with van der Waals surface area (Å²) in [4.78, 5) is 16.9. The van der Waals surface area contributed by atoms with Crippen molar-refractivity contribution < 1.29 is 9.21 Å². The molecule has 0 radical (unpaired) electrons. The standard InChI is InChI=1S/C13H8ClNO2S/c1-7-13(18-6-15-7)11(16)10-5-8-3-2-4-9(14)12(8)17-10/h2-6H,1H3. The number of rotatable bonds is 2. The maximum atomic E-state index is 12.2. The molecule has 0 aliphatic carbocycles. The summed E-state index contributed by atoms with van der Waals surface area (Å²) < 4.78 is 5.54. The molecule has 0 unspecified atom stereocenters. The van der Waals surface area contributed by atoms with Crippen molar-refractivity contribution in [3.8, 4) is 0 Å². The molecule has 1 aromatic carbocycles. The first-order valence-corrected chi connectivity index (χ1v) is 6.55. The van der Waals surface area contributed by atoms with Crippen molar-refractivity contribution in [2.75, 3.05) is 0 Å². The first-order valence-electron chi connectivity index (χ1n) is 5.29. The summed E-state index contributed by atoms with van der Waals surface area (Å²) in [5.74, 6) is 0.146. The molecule has 0 atom stereocenters. The predicted molar refractivity (Wildman–Crippen MR) is 71.5 cm³/mol. The van der Waals surface area contributed by atoms with Crippen LogP contribution in [0.4, 0.5) is 0 Å². The second kappa shape index (κ2) is 4.23. The highest BCUT2D eigenvalue weighted by Crippen LogP contribution is 2.28. The summed E-state index contributed by atoms with van der Waals surface area (Å²) in [7, 11) is 0. The normalized spacial score (nSPS) is 11.0. The SMILES string of the molecule is Cc1ncsc1C(=O)c1cc2cccc(Cl)c2o1. The lowest BCUT2D eigenvalue weighted by molar-refractivity contribution is 0.101. The molecular formula is C13H8ClNO2S. The number of hydrogen-bond acceptors (Lipinski definition) is 4. The Balaban J connectivity index is 2.13. The Labute approximate surface area is 112 Å². The van der Waals surface area contributed by atoms with Crippen LogP contribution in [0.15, 0.2) is 34.2 Å². The molecule has 0 bridgehead atoms. The lowest BCUT2D eigenvalue weighted by atomic mass is 10.2. The summed E-state index contributed by atoms with van der Waals surface area (Å²) in [5, 5.41) is 1.33. The molecular weight excluding hydrogens is 270 g/mol. The quantitative estimate of drug-likeness (QED) is 0.663. The average molecular weight is 278 g/mol. The number of halogens is 1. The zero-order valence-corrected chi connectivity index (χ0v) is 11.0. The van der Waals surface area contributed by atoms with Crippen LogP contribution in [-0.4, -0.2) is 10.8 Å². The van der Waals surface area contributed by atoms with Gasteiger partial charge in [-0.15, -0.1) is 11.3 Å². The lowest BCUT2D eigenvalue weighted by Crippen LogP contribution is -1.98. The second-order valence-electron chi connectivity index (χ2n) is 3.86. The third-order valence-electron chi connectivity index (χ3n) is 2.67. The fourth-order valence-corrected chi connectivity index (χ4v) is 2.74. The third-order valence-corrected chi connectivity index (χ3v) is 3.90. The average Bonchev–Trinajstić information content (AvgIpc) is 2.95. The summed E-state index contributed by atoms with van der Waals surface area (Å²) >= 11 is 7.33. The molecule has 5 heteroatoms. The molecule has 2 heterocycles. The Morgan fingerprint density at radius 2 is 2.28 bits per heavy atom. The van der Waals surface area contributed by atoms with E-state index in [1.165, 1.54) is 11.3 Å². The van der Waals surface area contributed by atoms with Crippen LogP contribution in [0.3, 0.4) is 0 Å². The largest absolute Gasteiger partial charge is 0.451 e. The molecule has 0 fully saturated rings. The molecule has 0 amide bonds. The fourth-order valence-electron chi connectivity index (χ4n) is 1.77. The minimum atomic E-state index is -0.151. The number of thiazole rings is 1. The number of ketones is 1. The molecule has 2 aromatic heterocycles. The number of nitrogens with zero attached hydrogens (tertiary/aromatic N) is 1. The number of fused-ring (bicyclic) bond motifs is 1. The maximum absolute atomic E-state index is 12.2. The van der Waals surface area contributed by atoms with E-state index < -0.39 is 0 Å². The Hall–Kier alpha value is -1.65. The van der Waals surface area contributed by atoms with Crippen molar-refractivity contribution in [1.29, 1.82) is 0 Å². The summed E-state index contributed by atoms with van der Waals surface area (Å²) in [6.45, 7) is 1.80. The minimum Gasteiger partial charge on any atom is -0.451 e. The molecule has 0 aliphatic rings. The summed E-state index contributed by atoms with van der Waals surface area (Å²) in [6.07, 6.45) is 0. The van der Waals surface area contributed by atoms with Gasteiger partial charge in [0.15, 0.2) is 11.3 Å². The number of aromatic nitrogens is 1. The van der Waals surface area contributed by atoms with E-state index in [0.717, 1.165) is 11.1 Å². The third kappa shape index (κ3) is 1.74. The van der Waals surface area contributed by atoms with Gasteiger partial charge in [0.05, 0.1) is 16.2 Å². The Morgan fingerprint density at radius 1 is 1.44 bits per heavy atom. The van der Waals surface area contributed by atoms with Crippen LogP contribution in [0.2, 0.25) is 5.02 Å². The van der Waals surface area contributed by atoms with E-state index in [1.54, 1.807) is 24.6 Å². The summed E-state index contributed by atoms with van der Waals surface area (Å²) in [5.41, 5.74) is 2.92. The van der Waals surface area contributed by atoms with E-state index in [9.17, 15) is 4.79 Å². The van der Waals surface area contributed by atoms with Crippen LogP contribution in [0, 0.1) is 6.92 Å². The highest BCUT2D eigenvalue weighted by atomic mass is 35.5.